The molecule has 0 fully saturated rings. The summed E-state index contributed by atoms with van der Waals surface area (Å²) in [6.45, 7) is 0. The van der Waals surface area contributed by atoms with Gasteiger partial charge < -0.3 is 4.74 Å². The van der Waals surface area contributed by atoms with Gasteiger partial charge in [0.05, 0.1) is 7.11 Å². The van der Waals surface area contributed by atoms with Gasteiger partial charge in [0.1, 0.15) is 0 Å². The van der Waals surface area contributed by atoms with E-state index in [4.69, 9.17) is 4.74 Å². The van der Waals surface area contributed by atoms with Crippen LogP contribution < -0.4 is 4.74 Å². The van der Waals surface area contributed by atoms with Crippen LogP contribution in [0.3, 0.4) is 0 Å². The standard InChI is InChI=1S/C16H13BrFN3OS/c1-22-14-7-2-10(8-13(14)18)9-23-16-19-15(20-21-16)11-3-5-12(17)6-4-11/h2-8H,9H2,1H3,(H,19,20,21). The lowest BCUT2D eigenvalue weighted by atomic mass is 10.2. The molecule has 0 radical (unpaired) electrons. The van der Waals surface area contributed by atoms with E-state index in [-0.39, 0.29) is 11.6 Å². The molecule has 7 heteroatoms. The molecule has 0 saturated carbocycles. The molecule has 0 aliphatic heterocycles. The highest BCUT2D eigenvalue weighted by molar-refractivity contribution is 9.10. The minimum Gasteiger partial charge on any atom is -0.494 e. The maximum Gasteiger partial charge on any atom is 0.209 e. The van der Waals surface area contributed by atoms with Crippen molar-refractivity contribution in [3.05, 3.63) is 58.3 Å². The maximum atomic E-state index is 13.7. The summed E-state index contributed by atoms with van der Waals surface area (Å²) >= 11 is 4.84. The summed E-state index contributed by atoms with van der Waals surface area (Å²) < 4.78 is 19.6. The number of hydrogen-bond donors (Lipinski definition) is 1. The van der Waals surface area contributed by atoms with Gasteiger partial charge in [0.2, 0.25) is 5.16 Å². The van der Waals surface area contributed by atoms with Crippen LogP contribution in [-0.4, -0.2) is 22.3 Å². The first-order valence-electron chi connectivity index (χ1n) is 6.79. The summed E-state index contributed by atoms with van der Waals surface area (Å²) in [7, 11) is 1.45. The molecule has 0 amide bonds. The van der Waals surface area contributed by atoms with Crippen LogP contribution in [0.4, 0.5) is 4.39 Å². The molecule has 3 aromatic rings. The molecule has 3 rings (SSSR count). The number of rotatable bonds is 5. The summed E-state index contributed by atoms with van der Waals surface area (Å²) in [6, 6.07) is 12.7. The van der Waals surface area contributed by atoms with Crippen LogP contribution in [0.25, 0.3) is 11.4 Å². The van der Waals surface area contributed by atoms with E-state index in [2.05, 4.69) is 31.1 Å². The number of nitrogens with zero attached hydrogens (tertiary/aromatic N) is 2. The average molecular weight is 394 g/mol. The monoisotopic (exact) mass is 393 g/mol. The van der Waals surface area contributed by atoms with Crippen molar-refractivity contribution < 1.29 is 9.13 Å². The molecule has 0 aliphatic carbocycles. The van der Waals surface area contributed by atoms with E-state index in [9.17, 15) is 4.39 Å². The van der Waals surface area contributed by atoms with Gasteiger partial charge in [-0.2, -0.15) is 0 Å². The number of benzene rings is 2. The second kappa shape index (κ2) is 7.14. The van der Waals surface area contributed by atoms with E-state index >= 15 is 0 Å². The summed E-state index contributed by atoms with van der Waals surface area (Å²) in [4.78, 5) is 4.44. The number of ether oxygens (including phenoxy) is 1. The van der Waals surface area contributed by atoms with E-state index in [0.29, 0.717) is 16.7 Å². The Morgan fingerprint density at radius 3 is 2.70 bits per heavy atom. The van der Waals surface area contributed by atoms with E-state index in [0.717, 1.165) is 15.6 Å². The van der Waals surface area contributed by atoms with Crippen LogP contribution in [0.15, 0.2) is 52.1 Å². The lowest BCUT2D eigenvalue weighted by Gasteiger charge is -2.03. The zero-order chi connectivity index (χ0) is 16.2. The number of aromatic amines is 1. The molecule has 2 aromatic carbocycles. The van der Waals surface area contributed by atoms with Crippen molar-refractivity contribution in [3.8, 4) is 17.1 Å². The molecule has 0 spiro atoms. The van der Waals surface area contributed by atoms with Crippen LogP contribution in [0.2, 0.25) is 0 Å². The summed E-state index contributed by atoms with van der Waals surface area (Å²) in [5, 5.41) is 7.72. The van der Waals surface area contributed by atoms with E-state index in [1.807, 2.05) is 30.3 Å². The molecule has 1 aromatic heterocycles. The lowest BCUT2D eigenvalue weighted by Crippen LogP contribution is -1.90. The van der Waals surface area contributed by atoms with E-state index in [1.54, 1.807) is 6.07 Å². The van der Waals surface area contributed by atoms with Crippen molar-refractivity contribution in [2.24, 2.45) is 0 Å². The topological polar surface area (TPSA) is 50.8 Å². The van der Waals surface area contributed by atoms with Gasteiger partial charge in [-0.05, 0) is 29.8 Å². The van der Waals surface area contributed by atoms with E-state index < -0.39 is 0 Å². The second-order valence-electron chi connectivity index (χ2n) is 4.73. The molecule has 0 saturated heterocycles. The first-order chi connectivity index (χ1) is 11.2. The normalized spacial score (nSPS) is 10.7. The van der Waals surface area contributed by atoms with Gasteiger partial charge in [0, 0.05) is 15.8 Å². The third-order valence-corrected chi connectivity index (χ3v) is 4.61. The first-order valence-corrected chi connectivity index (χ1v) is 8.57. The Morgan fingerprint density at radius 2 is 2.00 bits per heavy atom. The SMILES string of the molecule is COc1ccc(CSc2n[nH]c(-c3ccc(Br)cc3)n2)cc1F. The second-order valence-corrected chi connectivity index (χ2v) is 6.59. The first kappa shape index (κ1) is 16.0. The third kappa shape index (κ3) is 3.92. The molecule has 1 N–H and O–H groups in total. The molecule has 4 nitrogen and oxygen atoms in total. The van der Waals surface area contributed by atoms with Crippen molar-refractivity contribution >= 4 is 27.7 Å². The zero-order valence-corrected chi connectivity index (χ0v) is 14.6. The largest absolute Gasteiger partial charge is 0.494 e. The van der Waals surface area contributed by atoms with Gasteiger partial charge in [-0.3, -0.25) is 5.10 Å². The molecular formula is C16H13BrFN3OS. The van der Waals surface area contributed by atoms with Crippen LogP contribution >= 0.6 is 27.7 Å². The van der Waals surface area contributed by atoms with Crippen LogP contribution in [0.5, 0.6) is 5.75 Å². The quantitative estimate of drug-likeness (QED) is 0.639. The van der Waals surface area contributed by atoms with Gasteiger partial charge in [0.15, 0.2) is 17.4 Å². The summed E-state index contributed by atoms with van der Waals surface area (Å²) in [5.74, 6) is 1.17. The molecule has 1 heterocycles. The number of halogens is 2. The van der Waals surface area contributed by atoms with Crippen LogP contribution in [-0.2, 0) is 5.75 Å². The molecule has 0 unspecified atom stereocenters. The Labute approximate surface area is 145 Å². The fraction of sp³-hybridized carbons (Fsp3) is 0.125. The fourth-order valence-electron chi connectivity index (χ4n) is 2.00. The number of H-pyrrole nitrogens is 1. The predicted molar refractivity (Wildman–Crippen MR) is 92.0 cm³/mol. The number of hydrogen-bond acceptors (Lipinski definition) is 4. The van der Waals surface area contributed by atoms with Crippen molar-refractivity contribution in [1.29, 1.82) is 0 Å². The van der Waals surface area contributed by atoms with Crippen molar-refractivity contribution in [1.82, 2.24) is 15.2 Å². The number of thioether (sulfide) groups is 1. The average Bonchev–Trinajstić information content (AvgIpc) is 3.03. The van der Waals surface area contributed by atoms with Gasteiger partial charge in [-0.25, -0.2) is 9.37 Å². The number of nitrogens with one attached hydrogen (secondary N) is 1. The molecule has 0 bridgehead atoms. The van der Waals surface area contributed by atoms with Gasteiger partial charge in [0.25, 0.3) is 0 Å². The molecule has 0 atom stereocenters. The highest BCUT2D eigenvalue weighted by Crippen LogP contribution is 2.25. The Kier molecular flexibility index (Phi) is 4.97. The van der Waals surface area contributed by atoms with Gasteiger partial charge in [-0.15, -0.1) is 5.10 Å². The number of aromatic nitrogens is 3. The fourth-order valence-corrected chi connectivity index (χ4v) is 3.00. The highest BCUT2D eigenvalue weighted by Gasteiger charge is 2.08. The Hall–Kier alpha value is -1.86. The van der Waals surface area contributed by atoms with Crippen LogP contribution in [0.1, 0.15) is 5.56 Å². The highest BCUT2D eigenvalue weighted by atomic mass is 79.9. The molecular weight excluding hydrogens is 381 g/mol. The maximum absolute atomic E-state index is 13.7. The van der Waals surface area contributed by atoms with Crippen molar-refractivity contribution in [2.45, 2.75) is 10.9 Å². The smallest absolute Gasteiger partial charge is 0.209 e. The van der Waals surface area contributed by atoms with Crippen molar-refractivity contribution in [3.63, 3.8) is 0 Å². The molecule has 23 heavy (non-hydrogen) atoms. The van der Waals surface area contributed by atoms with Gasteiger partial charge >= 0.3 is 0 Å². The molecule has 0 aliphatic rings. The Balaban J connectivity index is 1.67. The molecule has 118 valence electrons. The summed E-state index contributed by atoms with van der Waals surface area (Å²) in [6.07, 6.45) is 0. The lowest BCUT2D eigenvalue weighted by molar-refractivity contribution is 0.386. The van der Waals surface area contributed by atoms with Gasteiger partial charge in [-0.1, -0.05) is 45.9 Å². The Bertz CT molecular complexity index is 807. The van der Waals surface area contributed by atoms with E-state index in [1.165, 1.54) is 24.9 Å². The summed E-state index contributed by atoms with van der Waals surface area (Å²) in [5.41, 5.74) is 1.81. The third-order valence-electron chi connectivity index (χ3n) is 3.17. The Morgan fingerprint density at radius 1 is 1.22 bits per heavy atom. The number of methoxy groups -OCH3 is 1. The van der Waals surface area contributed by atoms with Crippen LogP contribution in [0, 0.1) is 5.82 Å². The zero-order valence-electron chi connectivity index (χ0n) is 12.2. The van der Waals surface area contributed by atoms with Crippen molar-refractivity contribution in [2.75, 3.05) is 7.11 Å². The minimum atomic E-state index is -0.365. The minimum absolute atomic E-state index is 0.245. The predicted octanol–water partition coefficient (Wildman–Crippen LogP) is 4.67.